The van der Waals surface area contributed by atoms with Gasteiger partial charge in [0, 0.05) is 12.6 Å². The van der Waals surface area contributed by atoms with Gasteiger partial charge in [-0.15, -0.1) is 10.2 Å². The van der Waals surface area contributed by atoms with Crippen molar-refractivity contribution in [3.8, 4) is 0 Å². The Balaban J connectivity index is 1.54. The summed E-state index contributed by atoms with van der Waals surface area (Å²) in [5.74, 6) is 0.537. The number of amides is 1. The van der Waals surface area contributed by atoms with Gasteiger partial charge in [-0.1, -0.05) is 43.2 Å². The fourth-order valence-corrected chi connectivity index (χ4v) is 2.68. The average molecular weight is 296 g/mol. The van der Waals surface area contributed by atoms with E-state index in [2.05, 4.69) is 20.8 Å². The number of hydrogen-bond donors (Lipinski definition) is 2. The van der Waals surface area contributed by atoms with Crippen molar-refractivity contribution < 1.29 is 4.79 Å². The maximum Gasteiger partial charge on any atom is 0.272 e. The maximum atomic E-state index is 12.0. The number of nitrogens with zero attached hydrogens (tertiary/aromatic N) is 2. The van der Waals surface area contributed by atoms with Gasteiger partial charge in [-0.05, 0) is 30.5 Å². The van der Waals surface area contributed by atoms with E-state index >= 15 is 0 Å². The molecule has 2 N–H and O–H groups in total. The molecule has 1 aliphatic rings. The van der Waals surface area contributed by atoms with Crippen molar-refractivity contribution in [1.82, 2.24) is 15.5 Å². The third kappa shape index (κ3) is 3.81. The Morgan fingerprint density at radius 1 is 1.05 bits per heavy atom. The summed E-state index contributed by atoms with van der Waals surface area (Å²) in [6, 6.07) is 13.8. The molecule has 0 spiro atoms. The molecule has 5 nitrogen and oxygen atoms in total. The number of carbonyl (C=O) groups is 1. The molecule has 1 aliphatic carbocycles. The lowest BCUT2D eigenvalue weighted by molar-refractivity contribution is 0.0945. The predicted molar refractivity (Wildman–Crippen MR) is 85.5 cm³/mol. The summed E-state index contributed by atoms with van der Waals surface area (Å²) in [7, 11) is 0. The first-order valence-electron chi connectivity index (χ1n) is 7.73. The smallest absolute Gasteiger partial charge is 0.272 e. The molecule has 2 aromatic rings. The minimum atomic E-state index is -0.205. The molecule has 1 amide bonds. The number of aromatic nitrogens is 2. The van der Waals surface area contributed by atoms with Crippen LogP contribution in [-0.2, 0) is 6.54 Å². The van der Waals surface area contributed by atoms with E-state index in [1.54, 1.807) is 6.07 Å². The lowest BCUT2D eigenvalue weighted by Gasteiger charge is -2.11. The van der Waals surface area contributed by atoms with Crippen LogP contribution in [0.5, 0.6) is 0 Å². The summed E-state index contributed by atoms with van der Waals surface area (Å²) in [4.78, 5) is 12.0. The number of anilines is 1. The Kier molecular flexibility index (Phi) is 4.63. The van der Waals surface area contributed by atoms with Crippen LogP contribution in [0.1, 0.15) is 41.7 Å². The van der Waals surface area contributed by atoms with E-state index in [0.717, 1.165) is 11.4 Å². The van der Waals surface area contributed by atoms with Crippen LogP contribution in [0.25, 0.3) is 0 Å². The Morgan fingerprint density at radius 3 is 2.50 bits per heavy atom. The van der Waals surface area contributed by atoms with Crippen LogP contribution in [0.2, 0.25) is 0 Å². The standard InChI is InChI=1S/C17H20N4O/c22-17(18-12-13-6-2-1-3-7-13)15-10-11-16(21-20-15)19-14-8-4-5-9-14/h1-3,6-7,10-11,14H,4-5,8-9,12H2,(H,18,22)(H,19,21). The molecule has 1 aromatic carbocycles. The highest BCUT2D eigenvalue weighted by atomic mass is 16.1. The monoisotopic (exact) mass is 296 g/mol. The number of hydrogen-bond acceptors (Lipinski definition) is 4. The topological polar surface area (TPSA) is 66.9 Å². The minimum absolute atomic E-state index is 0.205. The second-order valence-electron chi connectivity index (χ2n) is 5.60. The lowest BCUT2D eigenvalue weighted by atomic mass is 10.2. The van der Waals surface area contributed by atoms with Crippen molar-refractivity contribution in [3.05, 3.63) is 53.7 Å². The molecule has 5 heteroatoms. The quantitative estimate of drug-likeness (QED) is 0.890. The fourth-order valence-electron chi connectivity index (χ4n) is 2.68. The largest absolute Gasteiger partial charge is 0.366 e. The van der Waals surface area contributed by atoms with Crippen molar-refractivity contribution in [2.45, 2.75) is 38.3 Å². The van der Waals surface area contributed by atoms with Gasteiger partial charge in [-0.2, -0.15) is 0 Å². The first-order chi connectivity index (χ1) is 10.8. The second kappa shape index (κ2) is 7.02. The highest BCUT2D eigenvalue weighted by Crippen LogP contribution is 2.20. The first kappa shape index (κ1) is 14.5. The Hall–Kier alpha value is -2.43. The van der Waals surface area contributed by atoms with Crippen molar-refractivity contribution in [1.29, 1.82) is 0 Å². The fraction of sp³-hybridized carbons (Fsp3) is 0.353. The Bertz CT molecular complexity index is 606. The van der Waals surface area contributed by atoms with Crippen LogP contribution in [0, 0.1) is 0 Å². The van der Waals surface area contributed by atoms with Gasteiger partial charge in [-0.25, -0.2) is 0 Å². The van der Waals surface area contributed by atoms with Crippen molar-refractivity contribution in [3.63, 3.8) is 0 Å². The minimum Gasteiger partial charge on any atom is -0.366 e. The van der Waals surface area contributed by atoms with Crippen LogP contribution in [0.4, 0.5) is 5.82 Å². The van der Waals surface area contributed by atoms with Crippen LogP contribution >= 0.6 is 0 Å². The van der Waals surface area contributed by atoms with Gasteiger partial charge >= 0.3 is 0 Å². The third-order valence-corrected chi connectivity index (χ3v) is 3.90. The van der Waals surface area contributed by atoms with Crippen molar-refractivity contribution >= 4 is 11.7 Å². The molecule has 1 aromatic heterocycles. The second-order valence-corrected chi connectivity index (χ2v) is 5.60. The SMILES string of the molecule is O=C(NCc1ccccc1)c1ccc(NC2CCCC2)nn1. The lowest BCUT2D eigenvalue weighted by Crippen LogP contribution is -2.24. The molecule has 22 heavy (non-hydrogen) atoms. The molecule has 0 unspecified atom stereocenters. The van der Waals surface area contributed by atoms with Gasteiger partial charge in [0.25, 0.3) is 5.91 Å². The zero-order valence-corrected chi connectivity index (χ0v) is 12.5. The maximum absolute atomic E-state index is 12.0. The van der Waals surface area contributed by atoms with Gasteiger partial charge < -0.3 is 10.6 Å². The summed E-state index contributed by atoms with van der Waals surface area (Å²) >= 11 is 0. The van der Waals surface area contributed by atoms with Crippen LogP contribution in [-0.4, -0.2) is 22.1 Å². The van der Waals surface area contributed by atoms with Crippen LogP contribution in [0.3, 0.4) is 0 Å². The van der Waals surface area contributed by atoms with Crippen LogP contribution in [0.15, 0.2) is 42.5 Å². The average Bonchev–Trinajstić information content (AvgIpc) is 3.07. The molecule has 1 saturated carbocycles. The van der Waals surface area contributed by atoms with Crippen LogP contribution < -0.4 is 10.6 Å². The zero-order chi connectivity index (χ0) is 15.2. The predicted octanol–water partition coefficient (Wildman–Crippen LogP) is 2.76. The summed E-state index contributed by atoms with van der Waals surface area (Å²) < 4.78 is 0. The van der Waals surface area contributed by atoms with Gasteiger partial charge in [0.2, 0.25) is 0 Å². The Labute approximate surface area is 130 Å². The molecular formula is C17H20N4O. The highest BCUT2D eigenvalue weighted by Gasteiger charge is 2.15. The molecule has 0 saturated heterocycles. The zero-order valence-electron chi connectivity index (χ0n) is 12.5. The molecule has 0 bridgehead atoms. The summed E-state index contributed by atoms with van der Waals surface area (Å²) in [6.45, 7) is 0.490. The summed E-state index contributed by atoms with van der Waals surface area (Å²) in [5.41, 5.74) is 1.40. The Morgan fingerprint density at radius 2 is 1.82 bits per heavy atom. The molecule has 1 heterocycles. The third-order valence-electron chi connectivity index (χ3n) is 3.90. The van der Waals surface area contributed by atoms with Gasteiger partial charge in [-0.3, -0.25) is 4.79 Å². The number of benzene rings is 1. The highest BCUT2D eigenvalue weighted by molar-refractivity contribution is 5.92. The van der Waals surface area contributed by atoms with E-state index in [4.69, 9.17) is 0 Å². The molecule has 114 valence electrons. The van der Waals surface area contributed by atoms with E-state index < -0.39 is 0 Å². The number of rotatable bonds is 5. The van der Waals surface area contributed by atoms with Gasteiger partial charge in [0.1, 0.15) is 5.82 Å². The van der Waals surface area contributed by atoms with E-state index in [9.17, 15) is 4.79 Å². The summed E-state index contributed by atoms with van der Waals surface area (Å²) in [5, 5.41) is 14.3. The molecule has 3 rings (SSSR count). The van der Waals surface area contributed by atoms with E-state index in [-0.39, 0.29) is 5.91 Å². The normalized spacial score (nSPS) is 14.7. The molecular weight excluding hydrogens is 276 g/mol. The van der Waals surface area contributed by atoms with E-state index in [1.165, 1.54) is 25.7 Å². The van der Waals surface area contributed by atoms with Crippen molar-refractivity contribution in [2.75, 3.05) is 5.32 Å². The number of nitrogens with one attached hydrogen (secondary N) is 2. The molecule has 0 atom stereocenters. The van der Waals surface area contributed by atoms with Gasteiger partial charge in [0.15, 0.2) is 5.69 Å². The molecule has 0 aliphatic heterocycles. The first-order valence-corrected chi connectivity index (χ1v) is 7.73. The van der Waals surface area contributed by atoms with Gasteiger partial charge in [0.05, 0.1) is 0 Å². The van der Waals surface area contributed by atoms with E-state index in [1.807, 2.05) is 36.4 Å². The number of carbonyl (C=O) groups excluding carboxylic acids is 1. The summed E-state index contributed by atoms with van der Waals surface area (Å²) in [6.07, 6.45) is 4.90. The van der Waals surface area contributed by atoms with Crippen molar-refractivity contribution in [2.24, 2.45) is 0 Å². The van der Waals surface area contributed by atoms with E-state index in [0.29, 0.717) is 18.3 Å². The molecule has 1 fully saturated rings. The molecule has 0 radical (unpaired) electrons.